The summed E-state index contributed by atoms with van der Waals surface area (Å²) in [4.78, 5) is 4.44. The van der Waals surface area contributed by atoms with E-state index in [0.717, 1.165) is 17.9 Å². The molecule has 0 aromatic heterocycles. The van der Waals surface area contributed by atoms with Crippen LogP contribution in [0.15, 0.2) is 24.3 Å². The van der Waals surface area contributed by atoms with Crippen LogP contribution in [0.4, 0.5) is 0 Å². The van der Waals surface area contributed by atoms with Gasteiger partial charge in [0.25, 0.3) is 0 Å². The van der Waals surface area contributed by atoms with E-state index in [1.54, 1.807) is 0 Å². The lowest BCUT2D eigenvalue weighted by atomic mass is 10.3. The molecule has 0 bridgehead atoms. The maximum Gasteiger partial charge on any atom is 0.122 e. The minimum Gasteiger partial charge on any atom is -0.494 e. The second kappa shape index (κ2) is 7.09. The van der Waals surface area contributed by atoms with Gasteiger partial charge in [0.2, 0.25) is 0 Å². The molecule has 0 amide bonds. The Hall–Kier alpha value is -1.26. The molecule has 0 fully saturated rings. The number of benzene rings is 1. The van der Waals surface area contributed by atoms with Crippen molar-refractivity contribution in [3.63, 3.8) is 0 Å². The molecule has 0 unspecified atom stereocenters. The van der Waals surface area contributed by atoms with Crippen molar-refractivity contribution in [3.05, 3.63) is 24.3 Å². The smallest absolute Gasteiger partial charge is 0.122 e. The number of nitrogens with two attached hydrogens (primary N) is 1. The predicted octanol–water partition coefficient (Wildman–Crippen LogP) is 1.74. The van der Waals surface area contributed by atoms with Gasteiger partial charge in [0.1, 0.15) is 11.5 Å². The summed E-state index contributed by atoms with van der Waals surface area (Å²) in [5.41, 5.74) is 0. The van der Waals surface area contributed by atoms with Gasteiger partial charge in [-0.2, -0.15) is 0 Å². The summed E-state index contributed by atoms with van der Waals surface area (Å²) >= 11 is 0. The molecular weight excluding hydrogens is 194 g/mol. The Bertz CT molecular complexity index is 278. The molecule has 0 aliphatic heterocycles. The lowest BCUT2D eigenvalue weighted by molar-refractivity contribution is 0.122. The minimum absolute atomic E-state index is 0.505. The zero-order valence-corrected chi connectivity index (χ0v) is 8.94. The maximum atomic E-state index is 5.48. The summed E-state index contributed by atoms with van der Waals surface area (Å²) in [7, 11) is 0. The Balaban J connectivity index is 2.36. The summed E-state index contributed by atoms with van der Waals surface area (Å²) in [6, 6.07) is 7.57. The number of hydrogen-bond acceptors (Lipinski definition) is 4. The molecule has 0 spiro atoms. The van der Waals surface area contributed by atoms with Gasteiger partial charge < -0.3 is 14.3 Å². The third-order valence-electron chi connectivity index (χ3n) is 1.79. The van der Waals surface area contributed by atoms with Gasteiger partial charge in [-0.15, -0.1) is 0 Å². The largest absolute Gasteiger partial charge is 0.494 e. The fourth-order valence-electron chi connectivity index (χ4n) is 1.15. The highest BCUT2D eigenvalue weighted by Gasteiger charge is 1.96. The second-order valence-electron chi connectivity index (χ2n) is 2.98. The molecule has 0 aliphatic carbocycles. The van der Waals surface area contributed by atoms with Gasteiger partial charge in [-0.05, 0) is 19.1 Å². The number of ether oxygens (including phenoxy) is 2. The predicted molar refractivity (Wildman–Crippen MR) is 57.9 cm³/mol. The third kappa shape index (κ3) is 4.67. The monoisotopic (exact) mass is 211 g/mol. The Morgan fingerprint density at radius 1 is 1.13 bits per heavy atom. The van der Waals surface area contributed by atoms with Crippen LogP contribution in [-0.4, -0.2) is 19.8 Å². The quantitative estimate of drug-likeness (QED) is 0.551. The molecule has 1 aromatic carbocycles. The van der Waals surface area contributed by atoms with Crippen LogP contribution >= 0.6 is 0 Å². The van der Waals surface area contributed by atoms with Gasteiger partial charge in [-0.3, -0.25) is 0 Å². The van der Waals surface area contributed by atoms with E-state index in [-0.39, 0.29) is 0 Å². The van der Waals surface area contributed by atoms with Gasteiger partial charge in [0.15, 0.2) is 0 Å². The van der Waals surface area contributed by atoms with Crippen LogP contribution in [0.2, 0.25) is 0 Å². The van der Waals surface area contributed by atoms with Crippen LogP contribution in [0, 0.1) is 0 Å². The van der Waals surface area contributed by atoms with Gasteiger partial charge in [-0.25, -0.2) is 5.90 Å². The standard InChI is InChI=1S/C11H17NO3/c1-2-13-10-5-3-6-11(9-10)14-7-4-8-15-12/h3,5-6,9H,2,4,7-8,12H2,1H3. The Labute approximate surface area is 89.9 Å². The molecular formula is C11H17NO3. The van der Waals surface area contributed by atoms with Crippen molar-refractivity contribution in [2.75, 3.05) is 19.8 Å². The first-order valence-electron chi connectivity index (χ1n) is 5.04. The fraction of sp³-hybridized carbons (Fsp3) is 0.455. The molecule has 0 atom stereocenters. The summed E-state index contributed by atoms with van der Waals surface area (Å²) < 4.78 is 10.8. The molecule has 0 heterocycles. The molecule has 0 aliphatic rings. The van der Waals surface area contributed by atoms with E-state index < -0.39 is 0 Å². The van der Waals surface area contributed by atoms with Gasteiger partial charge in [-0.1, -0.05) is 6.07 Å². The topological polar surface area (TPSA) is 53.7 Å². The van der Waals surface area contributed by atoms with Gasteiger partial charge in [0, 0.05) is 12.5 Å². The fourth-order valence-corrected chi connectivity index (χ4v) is 1.15. The Kier molecular flexibility index (Phi) is 5.58. The summed E-state index contributed by atoms with van der Waals surface area (Å²) in [6.45, 7) is 3.70. The molecule has 4 heteroatoms. The van der Waals surface area contributed by atoms with Gasteiger partial charge >= 0.3 is 0 Å². The molecule has 0 saturated heterocycles. The van der Waals surface area contributed by atoms with E-state index in [2.05, 4.69) is 4.84 Å². The van der Waals surface area contributed by atoms with Crippen LogP contribution in [0.5, 0.6) is 11.5 Å². The van der Waals surface area contributed by atoms with E-state index in [4.69, 9.17) is 15.4 Å². The first-order valence-corrected chi connectivity index (χ1v) is 5.04. The minimum atomic E-state index is 0.505. The highest BCUT2D eigenvalue weighted by Crippen LogP contribution is 2.19. The number of rotatable bonds is 7. The number of hydrogen-bond donors (Lipinski definition) is 1. The maximum absolute atomic E-state index is 5.48. The van der Waals surface area contributed by atoms with Crippen molar-refractivity contribution in [2.45, 2.75) is 13.3 Å². The molecule has 4 nitrogen and oxygen atoms in total. The van der Waals surface area contributed by atoms with E-state index in [9.17, 15) is 0 Å². The first-order chi connectivity index (χ1) is 7.36. The summed E-state index contributed by atoms with van der Waals surface area (Å²) in [5.74, 6) is 6.52. The van der Waals surface area contributed by atoms with Crippen molar-refractivity contribution >= 4 is 0 Å². The molecule has 1 aromatic rings. The van der Waals surface area contributed by atoms with Crippen molar-refractivity contribution < 1.29 is 14.3 Å². The van der Waals surface area contributed by atoms with Crippen LogP contribution in [0.25, 0.3) is 0 Å². The van der Waals surface area contributed by atoms with E-state index in [1.807, 2.05) is 31.2 Å². The zero-order chi connectivity index (χ0) is 10.9. The SMILES string of the molecule is CCOc1cccc(OCCCON)c1. The van der Waals surface area contributed by atoms with Crippen LogP contribution < -0.4 is 15.4 Å². The van der Waals surface area contributed by atoms with E-state index in [0.29, 0.717) is 19.8 Å². The van der Waals surface area contributed by atoms with Gasteiger partial charge in [0.05, 0.1) is 19.8 Å². The van der Waals surface area contributed by atoms with Crippen molar-refractivity contribution in [2.24, 2.45) is 5.90 Å². The van der Waals surface area contributed by atoms with Crippen LogP contribution in [0.3, 0.4) is 0 Å². The Morgan fingerprint density at radius 3 is 2.53 bits per heavy atom. The van der Waals surface area contributed by atoms with Crippen LogP contribution in [0.1, 0.15) is 13.3 Å². The molecule has 0 saturated carbocycles. The molecule has 0 radical (unpaired) electrons. The highest BCUT2D eigenvalue weighted by molar-refractivity contribution is 5.32. The molecule has 84 valence electrons. The summed E-state index contributed by atoms with van der Waals surface area (Å²) in [5, 5.41) is 0. The lowest BCUT2D eigenvalue weighted by Crippen LogP contribution is -2.06. The summed E-state index contributed by atoms with van der Waals surface area (Å²) in [6.07, 6.45) is 0.773. The first kappa shape index (κ1) is 11.8. The zero-order valence-electron chi connectivity index (χ0n) is 8.94. The lowest BCUT2D eigenvalue weighted by Gasteiger charge is -2.07. The normalized spacial score (nSPS) is 10.0. The van der Waals surface area contributed by atoms with Crippen molar-refractivity contribution in [1.29, 1.82) is 0 Å². The van der Waals surface area contributed by atoms with E-state index in [1.165, 1.54) is 0 Å². The Morgan fingerprint density at radius 2 is 1.87 bits per heavy atom. The molecule has 15 heavy (non-hydrogen) atoms. The van der Waals surface area contributed by atoms with Crippen LogP contribution in [-0.2, 0) is 4.84 Å². The molecule has 2 N–H and O–H groups in total. The third-order valence-corrected chi connectivity index (χ3v) is 1.79. The molecule has 1 rings (SSSR count). The highest BCUT2D eigenvalue weighted by atomic mass is 16.6. The average molecular weight is 211 g/mol. The van der Waals surface area contributed by atoms with Crippen molar-refractivity contribution in [1.82, 2.24) is 0 Å². The average Bonchev–Trinajstić information content (AvgIpc) is 2.26. The van der Waals surface area contributed by atoms with E-state index >= 15 is 0 Å². The second-order valence-corrected chi connectivity index (χ2v) is 2.98. The van der Waals surface area contributed by atoms with Crippen molar-refractivity contribution in [3.8, 4) is 11.5 Å².